The van der Waals surface area contributed by atoms with E-state index in [2.05, 4.69) is 5.32 Å². The average Bonchev–Trinajstić information content (AvgIpc) is 3.27. The molecule has 0 aliphatic carbocycles. The molecule has 2 heterocycles. The molecule has 4 rings (SSSR count). The molecule has 0 bridgehead atoms. The molecule has 2 aromatic rings. The Hall–Kier alpha value is -2.08. The zero-order chi connectivity index (χ0) is 20.1. The van der Waals surface area contributed by atoms with Gasteiger partial charge in [-0.25, -0.2) is 0 Å². The highest BCUT2D eigenvalue weighted by molar-refractivity contribution is 6.30. The molecule has 0 aromatic heterocycles. The summed E-state index contributed by atoms with van der Waals surface area (Å²) in [6.07, 6.45) is 3.50. The Balaban J connectivity index is 1.49. The first-order valence-corrected chi connectivity index (χ1v) is 10.5. The molecule has 6 heteroatoms. The molecule has 5 nitrogen and oxygen atoms in total. The number of hydrogen-bond acceptors (Lipinski definition) is 4. The Morgan fingerprint density at radius 1 is 1.14 bits per heavy atom. The topological polar surface area (TPSA) is 56.8 Å². The van der Waals surface area contributed by atoms with Crippen LogP contribution in [0.25, 0.3) is 0 Å². The third kappa shape index (κ3) is 4.74. The molecule has 2 aliphatic rings. The van der Waals surface area contributed by atoms with Gasteiger partial charge in [-0.1, -0.05) is 29.8 Å². The van der Waals surface area contributed by atoms with Crippen LogP contribution in [0.1, 0.15) is 31.2 Å². The summed E-state index contributed by atoms with van der Waals surface area (Å²) in [5.41, 5.74) is 0.988. The largest absolute Gasteiger partial charge is 0.491 e. The molecule has 2 aliphatic heterocycles. The Morgan fingerprint density at radius 2 is 1.97 bits per heavy atom. The fourth-order valence-corrected chi connectivity index (χ4v) is 4.22. The van der Waals surface area contributed by atoms with Crippen LogP contribution in [0.15, 0.2) is 48.5 Å². The van der Waals surface area contributed by atoms with E-state index >= 15 is 0 Å². The second kappa shape index (κ2) is 9.16. The molecule has 1 unspecified atom stereocenters. The summed E-state index contributed by atoms with van der Waals surface area (Å²) < 4.78 is 17.0. The molecule has 0 saturated carbocycles. The number of carbonyl (C=O) groups is 1. The van der Waals surface area contributed by atoms with E-state index in [1.807, 2.05) is 48.5 Å². The first-order valence-electron chi connectivity index (χ1n) is 10.2. The summed E-state index contributed by atoms with van der Waals surface area (Å²) in [6.45, 7) is 2.43. The van der Waals surface area contributed by atoms with Crippen molar-refractivity contribution in [2.45, 2.75) is 37.2 Å². The van der Waals surface area contributed by atoms with Crippen LogP contribution in [0.3, 0.4) is 0 Å². The third-order valence-corrected chi connectivity index (χ3v) is 5.95. The van der Waals surface area contributed by atoms with E-state index < -0.39 is 5.41 Å². The molecular weight excluding hydrogens is 390 g/mol. The summed E-state index contributed by atoms with van der Waals surface area (Å²) in [4.78, 5) is 13.4. The van der Waals surface area contributed by atoms with Gasteiger partial charge in [-0.3, -0.25) is 4.79 Å². The lowest BCUT2D eigenvalue weighted by Crippen LogP contribution is -2.44. The lowest BCUT2D eigenvalue weighted by Gasteiger charge is -2.36. The van der Waals surface area contributed by atoms with E-state index in [4.69, 9.17) is 25.8 Å². The number of amides is 1. The van der Waals surface area contributed by atoms with Crippen LogP contribution < -0.4 is 10.1 Å². The predicted octanol–water partition coefficient (Wildman–Crippen LogP) is 4.58. The summed E-state index contributed by atoms with van der Waals surface area (Å²) in [6, 6.07) is 15.1. The summed E-state index contributed by atoms with van der Waals surface area (Å²) in [5.74, 6) is 0.682. The van der Waals surface area contributed by atoms with Gasteiger partial charge in [0.05, 0.1) is 11.5 Å². The SMILES string of the molecule is O=C(Nc1cccc(OCC2CCCO2)c1)C1(c2cccc(Cl)c2)CCOCC1. The molecule has 1 amide bonds. The van der Waals surface area contributed by atoms with Crippen LogP contribution in [-0.4, -0.2) is 38.4 Å². The number of carbonyl (C=O) groups excluding carboxylic acids is 1. The monoisotopic (exact) mass is 415 g/mol. The minimum Gasteiger partial charge on any atom is -0.491 e. The lowest BCUT2D eigenvalue weighted by molar-refractivity contribution is -0.125. The quantitative estimate of drug-likeness (QED) is 0.750. The van der Waals surface area contributed by atoms with Crippen molar-refractivity contribution in [3.63, 3.8) is 0 Å². The Bertz CT molecular complexity index is 844. The van der Waals surface area contributed by atoms with Crippen molar-refractivity contribution in [1.82, 2.24) is 0 Å². The Morgan fingerprint density at radius 3 is 2.72 bits per heavy atom. The summed E-state index contributed by atoms with van der Waals surface area (Å²) >= 11 is 6.21. The molecule has 1 N–H and O–H groups in total. The van der Waals surface area contributed by atoms with Gasteiger partial charge in [-0.15, -0.1) is 0 Å². The third-order valence-electron chi connectivity index (χ3n) is 5.71. The molecule has 0 spiro atoms. The highest BCUT2D eigenvalue weighted by Crippen LogP contribution is 2.37. The fourth-order valence-electron chi connectivity index (χ4n) is 4.03. The van der Waals surface area contributed by atoms with Gasteiger partial charge in [-0.2, -0.15) is 0 Å². The standard InChI is InChI=1S/C23H26ClNO4/c24-18-5-1-4-17(14-18)23(9-12-27-13-10-23)22(26)25-19-6-2-7-20(15-19)29-16-21-8-3-11-28-21/h1-2,4-7,14-15,21H,3,8-13,16H2,(H,25,26). The molecule has 154 valence electrons. The fraction of sp³-hybridized carbons (Fsp3) is 0.435. The van der Waals surface area contributed by atoms with Gasteiger partial charge in [0.25, 0.3) is 0 Å². The first kappa shape index (κ1) is 20.2. The lowest BCUT2D eigenvalue weighted by atomic mass is 9.73. The van der Waals surface area contributed by atoms with E-state index in [-0.39, 0.29) is 12.0 Å². The molecular formula is C23H26ClNO4. The van der Waals surface area contributed by atoms with Crippen LogP contribution in [0.2, 0.25) is 5.02 Å². The molecule has 2 saturated heterocycles. The van der Waals surface area contributed by atoms with Crippen molar-refractivity contribution in [2.24, 2.45) is 0 Å². The minimum atomic E-state index is -0.655. The van der Waals surface area contributed by atoms with Crippen molar-refractivity contribution in [3.8, 4) is 5.75 Å². The van der Waals surface area contributed by atoms with Gasteiger partial charge < -0.3 is 19.5 Å². The Kier molecular flexibility index (Phi) is 6.38. The molecule has 2 aromatic carbocycles. The number of benzene rings is 2. The van der Waals surface area contributed by atoms with Crippen LogP contribution in [0, 0.1) is 0 Å². The van der Waals surface area contributed by atoms with Crippen molar-refractivity contribution in [1.29, 1.82) is 0 Å². The molecule has 0 radical (unpaired) electrons. The van der Waals surface area contributed by atoms with Crippen LogP contribution >= 0.6 is 11.6 Å². The van der Waals surface area contributed by atoms with Gasteiger partial charge in [0.15, 0.2) is 0 Å². The van der Waals surface area contributed by atoms with E-state index in [1.54, 1.807) is 0 Å². The van der Waals surface area contributed by atoms with E-state index in [0.29, 0.717) is 43.4 Å². The maximum absolute atomic E-state index is 13.4. The number of ether oxygens (including phenoxy) is 3. The molecule has 29 heavy (non-hydrogen) atoms. The van der Waals surface area contributed by atoms with Crippen LogP contribution in [0.5, 0.6) is 5.75 Å². The van der Waals surface area contributed by atoms with Gasteiger partial charge in [-0.05, 0) is 55.5 Å². The Labute approximate surface area is 176 Å². The van der Waals surface area contributed by atoms with Gasteiger partial charge >= 0.3 is 0 Å². The maximum Gasteiger partial charge on any atom is 0.235 e. The van der Waals surface area contributed by atoms with Gasteiger partial charge in [0.1, 0.15) is 12.4 Å². The van der Waals surface area contributed by atoms with Crippen LogP contribution in [0.4, 0.5) is 5.69 Å². The van der Waals surface area contributed by atoms with Crippen LogP contribution in [-0.2, 0) is 19.7 Å². The van der Waals surface area contributed by atoms with Gasteiger partial charge in [0.2, 0.25) is 5.91 Å². The molecule has 2 fully saturated rings. The van der Waals surface area contributed by atoms with Crippen molar-refractivity contribution >= 4 is 23.2 Å². The first-order chi connectivity index (χ1) is 14.2. The number of rotatable bonds is 6. The number of halogens is 1. The zero-order valence-electron chi connectivity index (χ0n) is 16.4. The van der Waals surface area contributed by atoms with Crippen molar-refractivity contribution < 1.29 is 19.0 Å². The highest BCUT2D eigenvalue weighted by Gasteiger charge is 2.41. The second-order valence-corrected chi connectivity index (χ2v) is 8.07. The van der Waals surface area contributed by atoms with Crippen molar-refractivity contribution in [2.75, 3.05) is 31.7 Å². The number of anilines is 1. The average molecular weight is 416 g/mol. The summed E-state index contributed by atoms with van der Waals surface area (Å²) in [7, 11) is 0. The zero-order valence-corrected chi connectivity index (χ0v) is 17.1. The van der Waals surface area contributed by atoms with E-state index in [9.17, 15) is 4.79 Å². The predicted molar refractivity (Wildman–Crippen MR) is 113 cm³/mol. The van der Waals surface area contributed by atoms with Gasteiger partial charge in [0, 0.05) is 36.6 Å². The highest BCUT2D eigenvalue weighted by atomic mass is 35.5. The maximum atomic E-state index is 13.4. The minimum absolute atomic E-state index is 0.0423. The number of hydrogen-bond donors (Lipinski definition) is 1. The van der Waals surface area contributed by atoms with E-state index in [0.717, 1.165) is 30.8 Å². The van der Waals surface area contributed by atoms with Crippen molar-refractivity contribution in [3.05, 3.63) is 59.1 Å². The molecule has 1 atom stereocenters. The second-order valence-electron chi connectivity index (χ2n) is 7.63. The number of nitrogens with one attached hydrogen (secondary N) is 1. The summed E-state index contributed by atoms with van der Waals surface area (Å²) in [5, 5.41) is 3.72. The van der Waals surface area contributed by atoms with E-state index in [1.165, 1.54) is 0 Å². The normalized spacial score (nSPS) is 20.9. The smallest absolute Gasteiger partial charge is 0.235 e.